The highest BCUT2D eigenvalue weighted by Gasteiger charge is 2.35. The van der Waals surface area contributed by atoms with Crippen LogP contribution in [0.4, 0.5) is 9.93 Å². The van der Waals surface area contributed by atoms with Gasteiger partial charge in [0, 0.05) is 11.6 Å². The van der Waals surface area contributed by atoms with Crippen molar-refractivity contribution in [1.82, 2.24) is 10.3 Å². The molecule has 1 aromatic rings. The van der Waals surface area contributed by atoms with E-state index >= 15 is 0 Å². The molecule has 2 heterocycles. The third-order valence-corrected chi connectivity index (χ3v) is 3.06. The van der Waals surface area contributed by atoms with Gasteiger partial charge in [0.2, 0.25) is 0 Å². The maximum Gasteiger partial charge on any atom is 0.321 e. The molecule has 0 saturated carbocycles. The van der Waals surface area contributed by atoms with Gasteiger partial charge >= 0.3 is 12.0 Å². The van der Waals surface area contributed by atoms with Crippen LogP contribution in [0.2, 0.25) is 0 Å². The molecule has 17 heavy (non-hydrogen) atoms. The number of aromatic nitrogens is 1. The van der Waals surface area contributed by atoms with Crippen LogP contribution in [-0.2, 0) is 9.53 Å². The second-order valence-corrected chi connectivity index (χ2v) is 4.42. The van der Waals surface area contributed by atoms with Crippen molar-refractivity contribution < 1.29 is 19.4 Å². The smallest absolute Gasteiger partial charge is 0.321 e. The molecule has 2 unspecified atom stereocenters. The zero-order valence-corrected chi connectivity index (χ0v) is 9.57. The summed E-state index contributed by atoms with van der Waals surface area (Å²) in [4.78, 5) is 26.3. The minimum Gasteiger partial charge on any atom is -0.481 e. The number of amides is 2. The summed E-state index contributed by atoms with van der Waals surface area (Å²) in [5.74, 6) is -1.67. The lowest BCUT2D eigenvalue weighted by Gasteiger charge is -2.15. The molecule has 92 valence electrons. The van der Waals surface area contributed by atoms with E-state index in [1.54, 1.807) is 11.6 Å². The lowest BCUT2D eigenvalue weighted by atomic mass is 10.0. The number of nitrogens with one attached hydrogen (secondary N) is 2. The van der Waals surface area contributed by atoms with Crippen LogP contribution < -0.4 is 10.6 Å². The molecule has 3 N–H and O–H groups in total. The fourth-order valence-corrected chi connectivity index (χ4v) is 2.05. The molecule has 1 aliphatic heterocycles. The number of carboxylic acid groups (broad SMARTS) is 1. The van der Waals surface area contributed by atoms with Crippen molar-refractivity contribution in [1.29, 1.82) is 0 Å². The second-order valence-electron chi connectivity index (χ2n) is 3.52. The first kappa shape index (κ1) is 11.8. The van der Waals surface area contributed by atoms with E-state index in [9.17, 15) is 9.59 Å². The van der Waals surface area contributed by atoms with Gasteiger partial charge < -0.3 is 15.2 Å². The summed E-state index contributed by atoms with van der Waals surface area (Å²) in [6.07, 6.45) is 1.57. The van der Waals surface area contributed by atoms with Crippen LogP contribution >= 0.6 is 11.3 Å². The van der Waals surface area contributed by atoms with Crippen molar-refractivity contribution in [2.75, 3.05) is 18.5 Å². The molecule has 2 atom stereocenters. The Hall–Kier alpha value is -1.67. The molecular weight excluding hydrogens is 246 g/mol. The Balaban J connectivity index is 1.88. The summed E-state index contributed by atoms with van der Waals surface area (Å²) in [6.45, 7) is 0.333. The molecular formula is C9H11N3O4S. The van der Waals surface area contributed by atoms with Crippen LogP contribution in [0, 0.1) is 5.92 Å². The highest BCUT2D eigenvalue weighted by atomic mass is 32.1. The summed E-state index contributed by atoms with van der Waals surface area (Å²) in [7, 11) is 0. The van der Waals surface area contributed by atoms with Crippen LogP contribution in [0.25, 0.3) is 0 Å². The standard InChI is InChI=1S/C9H11N3O4S/c13-7(14)5-3-16-4-6(5)11-8(15)12-9-10-1-2-17-9/h1-2,5-6H,3-4H2,(H,13,14)(H2,10,11,12,15). The summed E-state index contributed by atoms with van der Waals surface area (Å²) in [6, 6.07) is -0.978. The predicted octanol–water partition coefficient (Wildman–Crippen LogP) is 0.364. The fraction of sp³-hybridized carbons (Fsp3) is 0.444. The molecule has 0 spiro atoms. The quantitative estimate of drug-likeness (QED) is 0.726. The van der Waals surface area contributed by atoms with Gasteiger partial charge in [0.15, 0.2) is 5.13 Å². The maximum absolute atomic E-state index is 11.5. The molecule has 2 amide bonds. The number of aliphatic carboxylic acids is 1. The molecule has 2 rings (SSSR count). The zero-order valence-electron chi connectivity index (χ0n) is 8.75. The van der Waals surface area contributed by atoms with Crippen molar-refractivity contribution in [3.05, 3.63) is 11.6 Å². The summed E-state index contributed by atoms with van der Waals surface area (Å²) in [5, 5.41) is 16.2. The summed E-state index contributed by atoms with van der Waals surface area (Å²) in [5.41, 5.74) is 0. The highest BCUT2D eigenvalue weighted by Crippen LogP contribution is 2.15. The molecule has 8 heteroatoms. The number of hydrogen-bond donors (Lipinski definition) is 3. The molecule has 0 bridgehead atoms. The van der Waals surface area contributed by atoms with Gasteiger partial charge in [-0.3, -0.25) is 10.1 Å². The van der Waals surface area contributed by atoms with Gasteiger partial charge in [0.25, 0.3) is 0 Å². The largest absolute Gasteiger partial charge is 0.481 e. The van der Waals surface area contributed by atoms with Crippen LogP contribution in [0.1, 0.15) is 0 Å². The number of anilines is 1. The molecule has 0 aromatic carbocycles. The zero-order chi connectivity index (χ0) is 12.3. The molecule has 0 aliphatic carbocycles. The van der Waals surface area contributed by atoms with E-state index < -0.39 is 24.0 Å². The third-order valence-electron chi connectivity index (χ3n) is 2.37. The number of urea groups is 1. The summed E-state index contributed by atoms with van der Waals surface area (Å²) >= 11 is 1.29. The van der Waals surface area contributed by atoms with Gasteiger partial charge in [-0.05, 0) is 0 Å². The average Bonchev–Trinajstić information content (AvgIpc) is 2.88. The van der Waals surface area contributed by atoms with Crippen molar-refractivity contribution in [3.63, 3.8) is 0 Å². The maximum atomic E-state index is 11.5. The van der Waals surface area contributed by atoms with Crippen LogP contribution in [0.5, 0.6) is 0 Å². The Morgan fingerprint density at radius 1 is 1.53 bits per heavy atom. The van der Waals surface area contributed by atoms with Crippen LogP contribution in [0.3, 0.4) is 0 Å². The number of carbonyl (C=O) groups excluding carboxylic acids is 1. The topological polar surface area (TPSA) is 101 Å². The first-order valence-corrected chi connectivity index (χ1v) is 5.82. The molecule has 1 aliphatic rings. The number of hydrogen-bond acceptors (Lipinski definition) is 5. The molecule has 1 fully saturated rings. The Morgan fingerprint density at radius 3 is 3.00 bits per heavy atom. The third kappa shape index (κ3) is 2.92. The lowest BCUT2D eigenvalue weighted by molar-refractivity contribution is -0.142. The van der Waals surface area contributed by atoms with Gasteiger partial charge in [0.1, 0.15) is 5.92 Å². The van der Waals surface area contributed by atoms with Crippen molar-refractivity contribution in [2.45, 2.75) is 6.04 Å². The van der Waals surface area contributed by atoms with Crippen molar-refractivity contribution in [3.8, 4) is 0 Å². The first-order chi connectivity index (χ1) is 8.16. The first-order valence-electron chi connectivity index (χ1n) is 4.94. The SMILES string of the molecule is O=C(Nc1nccs1)NC1COCC1C(=O)O. The van der Waals surface area contributed by atoms with Gasteiger partial charge in [0.05, 0.1) is 19.3 Å². The Morgan fingerprint density at radius 2 is 2.35 bits per heavy atom. The van der Waals surface area contributed by atoms with E-state index in [1.807, 2.05) is 0 Å². The number of nitrogens with zero attached hydrogens (tertiary/aromatic N) is 1. The fourth-order valence-electron chi connectivity index (χ4n) is 1.53. The number of thiazole rings is 1. The van der Waals surface area contributed by atoms with Crippen LogP contribution in [-0.4, -0.2) is 41.3 Å². The van der Waals surface area contributed by atoms with Gasteiger partial charge in [-0.15, -0.1) is 11.3 Å². The van der Waals surface area contributed by atoms with E-state index in [0.717, 1.165) is 0 Å². The summed E-state index contributed by atoms with van der Waals surface area (Å²) < 4.78 is 5.03. The second kappa shape index (κ2) is 5.11. The molecule has 1 saturated heterocycles. The minimum atomic E-state index is -0.970. The monoisotopic (exact) mass is 257 g/mol. The lowest BCUT2D eigenvalue weighted by Crippen LogP contribution is -2.44. The number of ether oxygens (including phenoxy) is 1. The predicted molar refractivity (Wildman–Crippen MR) is 60.0 cm³/mol. The highest BCUT2D eigenvalue weighted by molar-refractivity contribution is 7.13. The van der Waals surface area contributed by atoms with Gasteiger partial charge in [-0.1, -0.05) is 0 Å². The van der Waals surface area contributed by atoms with E-state index in [4.69, 9.17) is 9.84 Å². The Kier molecular flexibility index (Phi) is 3.55. The van der Waals surface area contributed by atoms with Crippen LogP contribution in [0.15, 0.2) is 11.6 Å². The number of rotatable bonds is 3. The normalized spacial score (nSPS) is 23.3. The molecule has 0 radical (unpaired) electrons. The average molecular weight is 257 g/mol. The van der Waals surface area contributed by atoms with Crippen molar-refractivity contribution >= 4 is 28.5 Å². The van der Waals surface area contributed by atoms with E-state index in [0.29, 0.717) is 5.13 Å². The number of carbonyl (C=O) groups is 2. The van der Waals surface area contributed by atoms with Gasteiger partial charge in [-0.25, -0.2) is 9.78 Å². The van der Waals surface area contributed by atoms with E-state index in [2.05, 4.69) is 15.6 Å². The van der Waals surface area contributed by atoms with E-state index in [1.165, 1.54) is 11.3 Å². The number of carboxylic acids is 1. The minimum absolute atomic E-state index is 0.123. The Labute approximate surface area is 101 Å². The molecule has 1 aromatic heterocycles. The van der Waals surface area contributed by atoms with E-state index in [-0.39, 0.29) is 13.2 Å². The molecule has 7 nitrogen and oxygen atoms in total. The van der Waals surface area contributed by atoms with Gasteiger partial charge in [-0.2, -0.15) is 0 Å². The van der Waals surface area contributed by atoms with Crippen molar-refractivity contribution in [2.24, 2.45) is 5.92 Å². The Bertz CT molecular complexity index is 408.